The van der Waals surface area contributed by atoms with Gasteiger partial charge in [-0.3, -0.25) is 9.69 Å². The van der Waals surface area contributed by atoms with Gasteiger partial charge in [-0.25, -0.2) is 4.98 Å². The van der Waals surface area contributed by atoms with E-state index in [4.69, 9.17) is 0 Å². The van der Waals surface area contributed by atoms with Crippen molar-refractivity contribution in [3.63, 3.8) is 0 Å². The molecule has 0 fully saturated rings. The van der Waals surface area contributed by atoms with Crippen LogP contribution in [0, 0.1) is 0 Å². The number of nitrogens with zero attached hydrogens (tertiary/aromatic N) is 3. The van der Waals surface area contributed by atoms with E-state index < -0.39 is 0 Å². The molecule has 0 spiro atoms. The quantitative estimate of drug-likeness (QED) is 0.735. The Balaban J connectivity index is 1.41. The highest BCUT2D eigenvalue weighted by molar-refractivity contribution is 5.78. The number of hydrogen-bond donors (Lipinski definition) is 1. The lowest BCUT2D eigenvalue weighted by Crippen LogP contribution is -2.41. The van der Waals surface area contributed by atoms with Crippen LogP contribution in [0.25, 0.3) is 0 Å². The highest BCUT2D eigenvalue weighted by Crippen LogP contribution is 2.19. The van der Waals surface area contributed by atoms with E-state index in [2.05, 4.69) is 51.6 Å². The number of aromatic nitrogens is 2. The van der Waals surface area contributed by atoms with Crippen molar-refractivity contribution in [3.8, 4) is 0 Å². The second-order valence-corrected chi connectivity index (χ2v) is 7.02. The van der Waals surface area contributed by atoms with Gasteiger partial charge in [0.1, 0.15) is 0 Å². The zero-order valence-corrected chi connectivity index (χ0v) is 15.3. The first-order valence-electron chi connectivity index (χ1n) is 9.37. The predicted molar refractivity (Wildman–Crippen MR) is 105 cm³/mol. The lowest BCUT2D eigenvalue weighted by Gasteiger charge is -2.29. The fraction of sp³-hybridized carbons (Fsp3) is 0.273. The smallest absolute Gasteiger partial charge is 0.234 e. The Morgan fingerprint density at radius 3 is 2.63 bits per heavy atom. The SMILES string of the molecule is O=C(CN1CCc2ccccc2C1)NC(Cn1ccnc1)c1ccccc1. The van der Waals surface area contributed by atoms with Gasteiger partial charge in [-0.2, -0.15) is 0 Å². The summed E-state index contributed by atoms with van der Waals surface area (Å²) in [6.45, 7) is 2.84. The van der Waals surface area contributed by atoms with Gasteiger partial charge in [0.05, 0.1) is 18.9 Å². The van der Waals surface area contributed by atoms with Crippen LogP contribution in [0.1, 0.15) is 22.7 Å². The first kappa shape index (κ1) is 17.5. The van der Waals surface area contributed by atoms with Crippen molar-refractivity contribution in [1.29, 1.82) is 0 Å². The van der Waals surface area contributed by atoms with Crippen molar-refractivity contribution >= 4 is 5.91 Å². The molecule has 0 radical (unpaired) electrons. The number of hydrogen-bond acceptors (Lipinski definition) is 3. The van der Waals surface area contributed by atoms with E-state index in [9.17, 15) is 4.79 Å². The topological polar surface area (TPSA) is 50.2 Å². The molecule has 2 aromatic carbocycles. The van der Waals surface area contributed by atoms with E-state index >= 15 is 0 Å². The molecular weight excluding hydrogens is 336 g/mol. The molecule has 1 aliphatic rings. The summed E-state index contributed by atoms with van der Waals surface area (Å²) in [5, 5.41) is 3.21. The van der Waals surface area contributed by atoms with Crippen molar-refractivity contribution in [2.75, 3.05) is 13.1 Å². The Morgan fingerprint density at radius 2 is 1.85 bits per heavy atom. The van der Waals surface area contributed by atoms with Crippen LogP contribution in [-0.2, 0) is 24.3 Å². The molecule has 2 heterocycles. The molecule has 1 aromatic heterocycles. The van der Waals surface area contributed by atoms with Gasteiger partial charge in [0.2, 0.25) is 5.91 Å². The molecule has 1 aliphatic heterocycles. The minimum absolute atomic E-state index is 0.0587. The molecule has 4 rings (SSSR count). The second-order valence-electron chi connectivity index (χ2n) is 7.02. The number of rotatable bonds is 6. The Kier molecular flexibility index (Phi) is 5.30. The molecule has 0 bridgehead atoms. The fourth-order valence-electron chi connectivity index (χ4n) is 3.66. The van der Waals surface area contributed by atoms with E-state index in [1.54, 1.807) is 12.5 Å². The molecule has 1 N–H and O–H groups in total. The van der Waals surface area contributed by atoms with E-state index in [1.165, 1.54) is 11.1 Å². The molecule has 5 heteroatoms. The van der Waals surface area contributed by atoms with Crippen LogP contribution >= 0.6 is 0 Å². The van der Waals surface area contributed by atoms with Crippen LogP contribution in [-0.4, -0.2) is 33.4 Å². The van der Waals surface area contributed by atoms with Gasteiger partial charge in [-0.05, 0) is 23.1 Å². The molecule has 1 unspecified atom stereocenters. The van der Waals surface area contributed by atoms with Crippen molar-refractivity contribution in [3.05, 3.63) is 90.0 Å². The van der Waals surface area contributed by atoms with Crippen LogP contribution in [0.5, 0.6) is 0 Å². The lowest BCUT2D eigenvalue weighted by atomic mass is 10.00. The van der Waals surface area contributed by atoms with Gasteiger partial charge in [0, 0.05) is 32.0 Å². The highest BCUT2D eigenvalue weighted by Gasteiger charge is 2.20. The fourth-order valence-corrected chi connectivity index (χ4v) is 3.66. The monoisotopic (exact) mass is 360 g/mol. The standard InChI is InChI=1S/C22H24N4O/c27-22(16-25-12-10-18-6-4-5-9-20(18)14-25)24-21(15-26-13-11-23-17-26)19-7-2-1-3-8-19/h1-9,11,13,17,21H,10,12,14-16H2,(H,24,27). The third-order valence-corrected chi connectivity index (χ3v) is 5.07. The number of imidazole rings is 1. The summed E-state index contributed by atoms with van der Waals surface area (Å²) >= 11 is 0. The largest absolute Gasteiger partial charge is 0.346 e. The third-order valence-electron chi connectivity index (χ3n) is 5.07. The summed E-state index contributed by atoms with van der Waals surface area (Å²) in [7, 11) is 0. The Hall–Kier alpha value is -2.92. The number of amides is 1. The number of carbonyl (C=O) groups excluding carboxylic acids is 1. The molecule has 0 saturated carbocycles. The van der Waals surface area contributed by atoms with Crippen LogP contribution < -0.4 is 5.32 Å². The van der Waals surface area contributed by atoms with Gasteiger partial charge in [0.15, 0.2) is 0 Å². The number of nitrogens with one attached hydrogen (secondary N) is 1. The third kappa shape index (κ3) is 4.44. The molecule has 27 heavy (non-hydrogen) atoms. The van der Waals surface area contributed by atoms with Crippen LogP contribution in [0.2, 0.25) is 0 Å². The summed E-state index contributed by atoms with van der Waals surface area (Å²) in [4.78, 5) is 19.1. The average Bonchev–Trinajstić information content (AvgIpc) is 3.21. The normalized spacial score (nSPS) is 15.1. The van der Waals surface area contributed by atoms with E-state index in [0.717, 1.165) is 25.1 Å². The zero-order valence-electron chi connectivity index (χ0n) is 15.3. The Bertz CT molecular complexity index is 876. The maximum absolute atomic E-state index is 12.8. The first-order chi connectivity index (χ1) is 13.3. The van der Waals surface area contributed by atoms with Crippen molar-refractivity contribution in [2.45, 2.75) is 25.6 Å². The predicted octanol–water partition coefficient (Wildman–Crippen LogP) is 2.80. The van der Waals surface area contributed by atoms with Crippen molar-refractivity contribution in [2.24, 2.45) is 0 Å². The summed E-state index contributed by atoms with van der Waals surface area (Å²) in [5.41, 5.74) is 3.83. The van der Waals surface area contributed by atoms with Crippen molar-refractivity contribution < 1.29 is 4.79 Å². The van der Waals surface area contributed by atoms with Crippen molar-refractivity contribution in [1.82, 2.24) is 19.8 Å². The molecule has 0 aliphatic carbocycles. The minimum Gasteiger partial charge on any atom is -0.346 e. The molecule has 0 saturated heterocycles. The van der Waals surface area contributed by atoms with E-state index in [0.29, 0.717) is 13.1 Å². The van der Waals surface area contributed by atoms with E-state index in [-0.39, 0.29) is 11.9 Å². The summed E-state index contributed by atoms with van der Waals surface area (Å²) in [6.07, 6.45) is 6.46. The molecular formula is C22H24N4O. The van der Waals surface area contributed by atoms with Gasteiger partial charge >= 0.3 is 0 Å². The molecule has 1 atom stereocenters. The Labute approximate surface area is 159 Å². The summed E-state index contributed by atoms with van der Waals surface area (Å²) < 4.78 is 2.00. The van der Waals surface area contributed by atoms with Gasteiger partial charge in [0.25, 0.3) is 0 Å². The highest BCUT2D eigenvalue weighted by atomic mass is 16.2. The van der Waals surface area contributed by atoms with Gasteiger partial charge in [-0.1, -0.05) is 54.6 Å². The Morgan fingerprint density at radius 1 is 1.07 bits per heavy atom. The number of fused-ring (bicyclic) bond motifs is 1. The summed E-state index contributed by atoms with van der Waals surface area (Å²) in [5.74, 6) is 0.0587. The minimum atomic E-state index is -0.0787. The zero-order chi connectivity index (χ0) is 18.5. The van der Waals surface area contributed by atoms with Crippen LogP contribution in [0.4, 0.5) is 0 Å². The second kappa shape index (κ2) is 8.18. The average molecular weight is 360 g/mol. The van der Waals surface area contributed by atoms with Crippen LogP contribution in [0.15, 0.2) is 73.3 Å². The molecule has 3 aromatic rings. The molecule has 1 amide bonds. The maximum atomic E-state index is 12.8. The number of benzene rings is 2. The molecule has 5 nitrogen and oxygen atoms in total. The molecule has 138 valence electrons. The number of carbonyl (C=O) groups is 1. The van der Waals surface area contributed by atoms with E-state index in [1.807, 2.05) is 29.0 Å². The van der Waals surface area contributed by atoms with Gasteiger partial charge in [-0.15, -0.1) is 0 Å². The van der Waals surface area contributed by atoms with Gasteiger partial charge < -0.3 is 9.88 Å². The first-order valence-corrected chi connectivity index (χ1v) is 9.37. The lowest BCUT2D eigenvalue weighted by molar-refractivity contribution is -0.123. The maximum Gasteiger partial charge on any atom is 0.234 e. The van der Waals surface area contributed by atoms with Crippen LogP contribution in [0.3, 0.4) is 0 Å². The summed E-state index contributed by atoms with van der Waals surface area (Å²) in [6, 6.07) is 18.5.